The Morgan fingerprint density at radius 1 is 1.67 bits per heavy atom. The highest BCUT2D eigenvalue weighted by Crippen LogP contribution is 2.15. The number of rotatable bonds is 3. The molecule has 0 radical (unpaired) electrons. The van der Waals surface area contributed by atoms with Crippen LogP contribution in [0.4, 0.5) is 5.95 Å². The van der Waals surface area contributed by atoms with Crippen molar-refractivity contribution in [3.8, 4) is 0 Å². The molecule has 0 aromatic carbocycles. The van der Waals surface area contributed by atoms with E-state index in [1.165, 1.54) is 0 Å². The molecule has 2 rings (SSSR count). The van der Waals surface area contributed by atoms with Crippen LogP contribution < -0.4 is 4.90 Å². The number of anilines is 1. The molecule has 1 aliphatic rings. The van der Waals surface area contributed by atoms with Gasteiger partial charge in [-0.3, -0.25) is 0 Å². The molecule has 1 unspecified atom stereocenters. The second-order valence-corrected chi connectivity index (χ2v) is 3.63. The van der Waals surface area contributed by atoms with Gasteiger partial charge in [0.15, 0.2) is 0 Å². The number of nitrogens with zero attached hydrogens (tertiary/aromatic N) is 3. The summed E-state index contributed by atoms with van der Waals surface area (Å²) >= 11 is 0. The number of imidazole rings is 1. The number of aromatic nitrogens is 2. The van der Waals surface area contributed by atoms with Crippen LogP contribution in [0.2, 0.25) is 0 Å². The second kappa shape index (κ2) is 4.63. The lowest BCUT2D eigenvalue weighted by atomic mass is 10.3. The molecule has 1 fully saturated rings. The van der Waals surface area contributed by atoms with Gasteiger partial charge in [-0.1, -0.05) is 0 Å². The number of morpholine rings is 1. The van der Waals surface area contributed by atoms with E-state index in [0.717, 1.165) is 19.0 Å². The maximum Gasteiger partial charge on any atom is 0.205 e. The Balaban J connectivity index is 2.09. The predicted molar refractivity (Wildman–Crippen MR) is 56.9 cm³/mol. The minimum absolute atomic E-state index is 0.0728. The van der Waals surface area contributed by atoms with Gasteiger partial charge in [0.2, 0.25) is 5.95 Å². The Kier molecular flexibility index (Phi) is 3.23. The molecular weight excluding hydrogens is 194 g/mol. The van der Waals surface area contributed by atoms with Crippen molar-refractivity contribution in [2.75, 3.05) is 31.2 Å². The zero-order valence-electron chi connectivity index (χ0n) is 8.96. The van der Waals surface area contributed by atoms with Crippen LogP contribution in [0.1, 0.15) is 6.92 Å². The molecule has 0 amide bonds. The Morgan fingerprint density at radius 2 is 2.53 bits per heavy atom. The van der Waals surface area contributed by atoms with Crippen LogP contribution in [0.5, 0.6) is 0 Å². The summed E-state index contributed by atoms with van der Waals surface area (Å²) in [5, 5.41) is 9.05. The summed E-state index contributed by atoms with van der Waals surface area (Å²) in [4.78, 5) is 6.49. The summed E-state index contributed by atoms with van der Waals surface area (Å²) < 4.78 is 7.50. The van der Waals surface area contributed by atoms with Gasteiger partial charge in [0.25, 0.3) is 0 Å². The van der Waals surface area contributed by atoms with Crippen molar-refractivity contribution < 1.29 is 9.84 Å². The number of ether oxygens (including phenoxy) is 1. The fourth-order valence-corrected chi connectivity index (χ4v) is 1.84. The van der Waals surface area contributed by atoms with E-state index in [1.807, 2.05) is 12.4 Å². The summed E-state index contributed by atoms with van der Waals surface area (Å²) in [5.74, 6) is 0.972. The van der Waals surface area contributed by atoms with E-state index in [9.17, 15) is 0 Å². The SMILES string of the molecule is CCn1ccnc1N1CCOC(CO)C1. The van der Waals surface area contributed by atoms with E-state index in [2.05, 4.69) is 21.4 Å². The number of aryl methyl sites for hydroxylation is 1. The van der Waals surface area contributed by atoms with Gasteiger partial charge in [0.05, 0.1) is 19.3 Å². The summed E-state index contributed by atoms with van der Waals surface area (Å²) in [7, 11) is 0. The molecule has 1 saturated heterocycles. The molecule has 15 heavy (non-hydrogen) atoms. The fourth-order valence-electron chi connectivity index (χ4n) is 1.84. The van der Waals surface area contributed by atoms with E-state index in [1.54, 1.807) is 0 Å². The third kappa shape index (κ3) is 2.13. The molecule has 0 spiro atoms. The van der Waals surface area contributed by atoms with Gasteiger partial charge in [-0.15, -0.1) is 0 Å². The fraction of sp³-hybridized carbons (Fsp3) is 0.700. The van der Waals surface area contributed by atoms with Gasteiger partial charge < -0.3 is 19.3 Å². The topological polar surface area (TPSA) is 50.5 Å². The highest BCUT2D eigenvalue weighted by Gasteiger charge is 2.22. The number of hydrogen-bond donors (Lipinski definition) is 1. The average Bonchev–Trinajstić information content (AvgIpc) is 2.77. The smallest absolute Gasteiger partial charge is 0.205 e. The molecule has 1 N–H and O–H groups in total. The largest absolute Gasteiger partial charge is 0.394 e. The molecule has 1 aromatic rings. The van der Waals surface area contributed by atoms with E-state index < -0.39 is 0 Å². The molecule has 2 heterocycles. The van der Waals surface area contributed by atoms with Gasteiger partial charge in [0, 0.05) is 32.0 Å². The van der Waals surface area contributed by atoms with Crippen LogP contribution >= 0.6 is 0 Å². The second-order valence-electron chi connectivity index (χ2n) is 3.63. The van der Waals surface area contributed by atoms with Crippen molar-refractivity contribution in [3.05, 3.63) is 12.4 Å². The zero-order valence-corrected chi connectivity index (χ0v) is 8.96. The van der Waals surface area contributed by atoms with Crippen LogP contribution in [0.15, 0.2) is 12.4 Å². The normalized spacial score (nSPS) is 22.0. The number of aliphatic hydroxyl groups excluding tert-OH is 1. The van der Waals surface area contributed by atoms with E-state index >= 15 is 0 Å². The number of aliphatic hydroxyl groups is 1. The van der Waals surface area contributed by atoms with E-state index in [0.29, 0.717) is 13.2 Å². The van der Waals surface area contributed by atoms with Crippen molar-refractivity contribution in [1.82, 2.24) is 9.55 Å². The van der Waals surface area contributed by atoms with E-state index in [4.69, 9.17) is 9.84 Å². The predicted octanol–water partition coefficient (Wildman–Crippen LogP) is 0.100. The Morgan fingerprint density at radius 3 is 3.27 bits per heavy atom. The number of hydrogen-bond acceptors (Lipinski definition) is 4. The van der Waals surface area contributed by atoms with Crippen LogP contribution in [0, 0.1) is 0 Å². The van der Waals surface area contributed by atoms with Crippen molar-refractivity contribution in [1.29, 1.82) is 0 Å². The third-order valence-electron chi connectivity index (χ3n) is 2.66. The van der Waals surface area contributed by atoms with Gasteiger partial charge >= 0.3 is 0 Å². The average molecular weight is 211 g/mol. The van der Waals surface area contributed by atoms with E-state index in [-0.39, 0.29) is 12.7 Å². The summed E-state index contributed by atoms with van der Waals surface area (Å²) in [6, 6.07) is 0. The van der Waals surface area contributed by atoms with Gasteiger partial charge in [-0.05, 0) is 6.92 Å². The van der Waals surface area contributed by atoms with Gasteiger partial charge in [-0.2, -0.15) is 0 Å². The molecule has 0 saturated carbocycles. The molecule has 1 aromatic heterocycles. The minimum Gasteiger partial charge on any atom is -0.394 e. The maximum absolute atomic E-state index is 9.05. The monoisotopic (exact) mass is 211 g/mol. The first-order valence-electron chi connectivity index (χ1n) is 5.33. The molecule has 5 nitrogen and oxygen atoms in total. The van der Waals surface area contributed by atoms with Crippen LogP contribution in [0.3, 0.4) is 0 Å². The van der Waals surface area contributed by atoms with Gasteiger partial charge in [0.1, 0.15) is 0 Å². The Bertz CT molecular complexity index is 313. The van der Waals surface area contributed by atoms with Crippen molar-refractivity contribution >= 4 is 5.95 Å². The highest BCUT2D eigenvalue weighted by atomic mass is 16.5. The van der Waals surface area contributed by atoms with Crippen LogP contribution in [0.25, 0.3) is 0 Å². The summed E-state index contributed by atoms with van der Waals surface area (Å²) in [6.45, 7) is 5.29. The molecule has 0 aliphatic carbocycles. The molecule has 1 aliphatic heterocycles. The first-order valence-corrected chi connectivity index (χ1v) is 5.33. The quantitative estimate of drug-likeness (QED) is 0.770. The standard InChI is InChI=1S/C10H17N3O2/c1-2-12-4-3-11-10(12)13-5-6-15-9(7-13)8-14/h3-4,9,14H,2,5-8H2,1H3. The molecule has 0 bridgehead atoms. The first-order chi connectivity index (χ1) is 7.35. The Labute approximate surface area is 89.3 Å². The van der Waals surface area contributed by atoms with Crippen molar-refractivity contribution in [3.63, 3.8) is 0 Å². The zero-order chi connectivity index (χ0) is 10.7. The van der Waals surface area contributed by atoms with Crippen LogP contribution in [-0.4, -0.2) is 47.1 Å². The summed E-state index contributed by atoms with van der Waals surface area (Å²) in [5.41, 5.74) is 0. The summed E-state index contributed by atoms with van der Waals surface area (Å²) in [6.07, 6.45) is 3.70. The lowest BCUT2D eigenvalue weighted by Crippen LogP contribution is -2.45. The van der Waals surface area contributed by atoms with Crippen molar-refractivity contribution in [2.45, 2.75) is 19.6 Å². The maximum atomic E-state index is 9.05. The highest BCUT2D eigenvalue weighted by molar-refractivity contribution is 5.32. The molecular formula is C10H17N3O2. The minimum atomic E-state index is -0.0826. The lowest BCUT2D eigenvalue weighted by Gasteiger charge is -2.32. The van der Waals surface area contributed by atoms with Gasteiger partial charge in [-0.25, -0.2) is 4.98 Å². The molecule has 84 valence electrons. The molecule has 1 atom stereocenters. The Hall–Kier alpha value is -1.07. The van der Waals surface area contributed by atoms with Crippen molar-refractivity contribution in [2.24, 2.45) is 0 Å². The van der Waals surface area contributed by atoms with Crippen LogP contribution in [-0.2, 0) is 11.3 Å². The first kappa shape index (κ1) is 10.4. The third-order valence-corrected chi connectivity index (χ3v) is 2.66. The lowest BCUT2D eigenvalue weighted by molar-refractivity contribution is 0.00299. The molecule has 5 heteroatoms.